The molecule has 0 aliphatic carbocycles. The van der Waals surface area contributed by atoms with E-state index >= 15 is 0 Å². The maximum atomic E-state index is 11.3. The Kier molecular flexibility index (Phi) is 7.72. The second-order valence-electron chi connectivity index (χ2n) is 4.35. The molecular formula is C11H23ClN2O2. The lowest BCUT2D eigenvalue weighted by atomic mass is 9.99. The monoisotopic (exact) mass is 250 g/mol. The van der Waals surface area contributed by atoms with Crippen molar-refractivity contribution in [2.24, 2.45) is 5.92 Å². The molecule has 0 aromatic rings. The highest BCUT2D eigenvalue weighted by Crippen LogP contribution is 2.12. The molecule has 1 fully saturated rings. The topological polar surface area (TPSA) is 41.6 Å². The molecule has 2 atom stereocenters. The summed E-state index contributed by atoms with van der Waals surface area (Å²) in [6, 6.07) is -0.142. The number of likely N-dealkylation sites (N-methyl/N-ethyl adjacent to an activating group) is 1. The second-order valence-corrected chi connectivity index (χ2v) is 4.35. The Hall–Kier alpha value is -0.320. The molecule has 1 aliphatic rings. The first kappa shape index (κ1) is 15.7. The molecule has 2 unspecified atom stereocenters. The van der Waals surface area contributed by atoms with Crippen LogP contribution in [0.1, 0.15) is 19.8 Å². The summed E-state index contributed by atoms with van der Waals surface area (Å²) in [6.07, 6.45) is 2.50. The standard InChI is InChI=1S/C11H22N2O2.ClH/c1-9(11(14)15-3)13(2)8-10-5-4-6-12-7-10;/h9-10,12H,4-8H2,1-3H3;1H. The smallest absolute Gasteiger partial charge is 0.322 e. The maximum Gasteiger partial charge on any atom is 0.322 e. The van der Waals surface area contributed by atoms with E-state index in [1.807, 2.05) is 14.0 Å². The van der Waals surface area contributed by atoms with Gasteiger partial charge in [-0.1, -0.05) is 0 Å². The van der Waals surface area contributed by atoms with E-state index < -0.39 is 0 Å². The lowest BCUT2D eigenvalue weighted by Crippen LogP contribution is -2.43. The van der Waals surface area contributed by atoms with Gasteiger partial charge in [0, 0.05) is 6.54 Å². The van der Waals surface area contributed by atoms with E-state index in [1.165, 1.54) is 20.0 Å². The Bertz CT molecular complexity index is 208. The second kappa shape index (κ2) is 7.87. The van der Waals surface area contributed by atoms with E-state index in [0.29, 0.717) is 5.92 Å². The van der Waals surface area contributed by atoms with Crippen molar-refractivity contribution >= 4 is 18.4 Å². The molecule has 96 valence electrons. The fourth-order valence-electron chi connectivity index (χ4n) is 2.00. The highest BCUT2D eigenvalue weighted by Gasteiger charge is 2.22. The lowest BCUT2D eigenvalue weighted by molar-refractivity contribution is -0.146. The van der Waals surface area contributed by atoms with Crippen molar-refractivity contribution in [3.8, 4) is 0 Å². The summed E-state index contributed by atoms with van der Waals surface area (Å²) in [6.45, 7) is 5.05. The van der Waals surface area contributed by atoms with Gasteiger partial charge in [0.25, 0.3) is 0 Å². The Morgan fingerprint density at radius 2 is 2.31 bits per heavy atom. The number of carbonyl (C=O) groups is 1. The number of hydrogen-bond donors (Lipinski definition) is 1. The van der Waals surface area contributed by atoms with Crippen LogP contribution in [-0.4, -0.2) is 50.7 Å². The van der Waals surface area contributed by atoms with Gasteiger partial charge in [0.05, 0.1) is 7.11 Å². The molecule has 0 bridgehead atoms. The number of esters is 1. The SMILES string of the molecule is COC(=O)C(C)N(C)CC1CCCNC1.Cl. The molecule has 0 spiro atoms. The zero-order valence-corrected chi connectivity index (χ0v) is 11.2. The highest BCUT2D eigenvalue weighted by molar-refractivity contribution is 5.85. The predicted molar refractivity (Wildman–Crippen MR) is 66.9 cm³/mol. The van der Waals surface area contributed by atoms with E-state index in [1.54, 1.807) is 0 Å². The summed E-state index contributed by atoms with van der Waals surface area (Å²) in [4.78, 5) is 13.4. The van der Waals surface area contributed by atoms with Gasteiger partial charge in [0.1, 0.15) is 6.04 Å². The minimum Gasteiger partial charge on any atom is -0.468 e. The van der Waals surface area contributed by atoms with Crippen LogP contribution in [0.4, 0.5) is 0 Å². The average molecular weight is 251 g/mol. The van der Waals surface area contributed by atoms with Crippen molar-refractivity contribution in [1.82, 2.24) is 10.2 Å². The van der Waals surface area contributed by atoms with Crippen LogP contribution >= 0.6 is 12.4 Å². The van der Waals surface area contributed by atoms with Crippen molar-refractivity contribution in [1.29, 1.82) is 0 Å². The van der Waals surface area contributed by atoms with Gasteiger partial charge in [-0.3, -0.25) is 9.69 Å². The van der Waals surface area contributed by atoms with E-state index in [-0.39, 0.29) is 24.4 Å². The summed E-state index contributed by atoms with van der Waals surface area (Å²) >= 11 is 0. The summed E-state index contributed by atoms with van der Waals surface area (Å²) < 4.78 is 4.73. The third kappa shape index (κ3) is 4.68. The van der Waals surface area contributed by atoms with E-state index in [4.69, 9.17) is 4.74 Å². The first-order valence-corrected chi connectivity index (χ1v) is 5.64. The third-order valence-corrected chi connectivity index (χ3v) is 3.15. The highest BCUT2D eigenvalue weighted by atomic mass is 35.5. The third-order valence-electron chi connectivity index (χ3n) is 3.15. The molecule has 0 radical (unpaired) electrons. The number of halogens is 1. The van der Waals surface area contributed by atoms with Crippen LogP contribution in [0.3, 0.4) is 0 Å². The number of carbonyl (C=O) groups excluding carboxylic acids is 1. The van der Waals surface area contributed by atoms with Crippen LogP contribution in [0.2, 0.25) is 0 Å². The maximum absolute atomic E-state index is 11.3. The number of ether oxygens (including phenoxy) is 1. The fraction of sp³-hybridized carbons (Fsp3) is 0.909. The van der Waals surface area contributed by atoms with Gasteiger partial charge in [-0.25, -0.2) is 0 Å². The molecule has 1 aliphatic heterocycles. The molecule has 1 rings (SSSR count). The fourth-order valence-corrected chi connectivity index (χ4v) is 2.00. The van der Waals surface area contributed by atoms with Crippen LogP contribution < -0.4 is 5.32 Å². The molecule has 5 heteroatoms. The molecule has 1 N–H and O–H groups in total. The summed E-state index contributed by atoms with van der Waals surface area (Å²) in [5.41, 5.74) is 0. The van der Waals surface area contributed by atoms with Crippen molar-refractivity contribution < 1.29 is 9.53 Å². The predicted octanol–water partition coefficient (Wildman–Crippen LogP) is 0.901. The number of hydrogen-bond acceptors (Lipinski definition) is 4. The van der Waals surface area contributed by atoms with Crippen LogP contribution in [0.25, 0.3) is 0 Å². The van der Waals surface area contributed by atoms with Gasteiger partial charge in [-0.15, -0.1) is 12.4 Å². The largest absolute Gasteiger partial charge is 0.468 e. The molecule has 0 aromatic carbocycles. The summed E-state index contributed by atoms with van der Waals surface area (Å²) in [5, 5.41) is 3.38. The Labute approximate surface area is 104 Å². The molecule has 4 nitrogen and oxygen atoms in total. The summed E-state index contributed by atoms with van der Waals surface area (Å²) in [5.74, 6) is 0.511. The number of piperidine rings is 1. The van der Waals surface area contributed by atoms with Gasteiger partial charge in [0.15, 0.2) is 0 Å². The van der Waals surface area contributed by atoms with Gasteiger partial charge in [-0.05, 0) is 45.8 Å². The average Bonchev–Trinajstić information content (AvgIpc) is 2.28. The van der Waals surface area contributed by atoms with E-state index in [0.717, 1.165) is 19.6 Å². The lowest BCUT2D eigenvalue weighted by Gasteiger charge is -2.30. The normalized spacial score (nSPS) is 22.4. The molecule has 16 heavy (non-hydrogen) atoms. The summed E-state index contributed by atoms with van der Waals surface area (Å²) in [7, 11) is 3.42. The van der Waals surface area contributed by atoms with Crippen LogP contribution in [-0.2, 0) is 9.53 Å². The number of methoxy groups -OCH3 is 1. The molecule has 1 heterocycles. The Morgan fingerprint density at radius 3 is 2.81 bits per heavy atom. The van der Waals surface area contributed by atoms with Crippen molar-refractivity contribution in [2.45, 2.75) is 25.8 Å². The zero-order valence-electron chi connectivity index (χ0n) is 10.4. The first-order chi connectivity index (χ1) is 7.15. The van der Waals surface area contributed by atoms with Crippen LogP contribution in [0, 0.1) is 5.92 Å². The minimum absolute atomic E-state index is 0. The number of nitrogens with one attached hydrogen (secondary N) is 1. The van der Waals surface area contributed by atoms with Crippen molar-refractivity contribution in [3.63, 3.8) is 0 Å². The van der Waals surface area contributed by atoms with E-state index in [2.05, 4.69) is 10.2 Å². The van der Waals surface area contributed by atoms with Crippen LogP contribution in [0.5, 0.6) is 0 Å². The Balaban J connectivity index is 0.00000225. The van der Waals surface area contributed by atoms with Gasteiger partial charge in [-0.2, -0.15) is 0 Å². The van der Waals surface area contributed by atoms with Crippen molar-refractivity contribution in [2.75, 3.05) is 33.8 Å². The molecule has 1 saturated heterocycles. The molecule has 0 amide bonds. The van der Waals surface area contributed by atoms with Gasteiger partial charge in [0.2, 0.25) is 0 Å². The van der Waals surface area contributed by atoms with Crippen LogP contribution in [0.15, 0.2) is 0 Å². The molecular weight excluding hydrogens is 228 g/mol. The van der Waals surface area contributed by atoms with Gasteiger partial charge < -0.3 is 10.1 Å². The Morgan fingerprint density at radius 1 is 1.62 bits per heavy atom. The van der Waals surface area contributed by atoms with Gasteiger partial charge >= 0.3 is 5.97 Å². The number of nitrogens with zero attached hydrogens (tertiary/aromatic N) is 1. The quantitative estimate of drug-likeness (QED) is 0.753. The minimum atomic E-state index is -0.152. The molecule has 0 aromatic heterocycles. The molecule has 0 saturated carbocycles. The zero-order chi connectivity index (χ0) is 11.3. The van der Waals surface area contributed by atoms with Crippen molar-refractivity contribution in [3.05, 3.63) is 0 Å². The number of rotatable bonds is 4. The van der Waals surface area contributed by atoms with E-state index in [9.17, 15) is 4.79 Å². The first-order valence-electron chi connectivity index (χ1n) is 5.64.